The summed E-state index contributed by atoms with van der Waals surface area (Å²) in [6, 6.07) is 0.539. The molecule has 2 N–H and O–H groups in total. The Labute approximate surface area is 123 Å². The van der Waals surface area contributed by atoms with E-state index in [0.717, 1.165) is 25.3 Å². The second-order valence-electron chi connectivity index (χ2n) is 7.44. The summed E-state index contributed by atoms with van der Waals surface area (Å²) in [4.78, 5) is 14.9. The van der Waals surface area contributed by atoms with Crippen LogP contribution in [0.3, 0.4) is 0 Å². The third-order valence-electron chi connectivity index (χ3n) is 5.92. The van der Waals surface area contributed by atoms with Crippen molar-refractivity contribution in [2.75, 3.05) is 6.54 Å². The lowest BCUT2D eigenvalue weighted by molar-refractivity contribution is -0.134. The zero-order chi connectivity index (χ0) is 14.0. The number of likely N-dealkylation sites (tertiary alicyclic amines) is 1. The van der Waals surface area contributed by atoms with E-state index in [1.54, 1.807) is 0 Å². The summed E-state index contributed by atoms with van der Waals surface area (Å²) in [6.07, 6.45) is 14.2. The van der Waals surface area contributed by atoms with Crippen LogP contribution in [0.4, 0.5) is 0 Å². The molecule has 2 aliphatic carbocycles. The van der Waals surface area contributed by atoms with Crippen LogP contribution >= 0.6 is 0 Å². The molecule has 0 bridgehead atoms. The number of amides is 1. The molecule has 114 valence electrons. The average molecular weight is 278 g/mol. The molecule has 1 aliphatic heterocycles. The van der Waals surface area contributed by atoms with E-state index < -0.39 is 0 Å². The van der Waals surface area contributed by atoms with E-state index in [4.69, 9.17) is 5.73 Å². The average Bonchev–Trinajstić information content (AvgIpc) is 3.10. The fourth-order valence-electron chi connectivity index (χ4n) is 4.77. The van der Waals surface area contributed by atoms with Crippen molar-refractivity contribution >= 4 is 5.91 Å². The van der Waals surface area contributed by atoms with Crippen LogP contribution < -0.4 is 5.73 Å². The van der Waals surface area contributed by atoms with E-state index in [1.807, 2.05) is 0 Å². The minimum atomic E-state index is -0.196. The van der Waals surface area contributed by atoms with Crippen LogP contribution in [0.2, 0.25) is 0 Å². The quantitative estimate of drug-likeness (QED) is 0.861. The molecule has 1 atom stereocenters. The lowest BCUT2D eigenvalue weighted by Gasteiger charge is -2.36. The van der Waals surface area contributed by atoms with Gasteiger partial charge in [-0.1, -0.05) is 32.1 Å². The summed E-state index contributed by atoms with van der Waals surface area (Å²) >= 11 is 0. The highest BCUT2D eigenvalue weighted by Crippen LogP contribution is 2.37. The molecule has 0 aromatic heterocycles. The van der Waals surface area contributed by atoms with Gasteiger partial charge >= 0.3 is 0 Å². The maximum atomic E-state index is 12.7. The first kappa shape index (κ1) is 14.4. The van der Waals surface area contributed by atoms with Crippen LogP contribution in [0, 0.1) is 5.92 Å². The molecule has 3 aliphatic rings. The monoisotopic (exact) mass is 278 g/mol. The van der Waals surface area contributed by atoms with Crippen LogP contribution in [-0.2, 0) is 4.79 Å². The number of carbonyl (C=O) groups excluding carboxylic acids is 1. The molecule has 0 aromatic rings. The van der Waals surface area contributed by atoms with E-state index in [1.165, 1.54) is 57.8 Å². The molecule has 0 aromatic carbocycles. The Bertz CT molecular complexity index is 343. The molecule has 3 heteroatoms. The van der Waals surface area contributed by atoms with E-state index in [2.05, 4.69) is 4.90 Å². The SMILES string of the molecule is NC1(CC(=O)N2CCCC2C2CCCC2)CCCCC1. The maximum absolute atomic E-state index is 12.7. The number of hydrogen-bond donors (Lipinski definition) is 1. The molecular formula is C17H30N2O. The van der Waals surface area contributed by atoms with Gasteiger partial charge in [-0.3, -0.25) is 4.79 Å². The summed E-state index contributed by atoms with van der Waals surface area (Å²) in [5, 5.41) is 0. The standard InChI is InChI=1S/C17H30N2O/c18-17(10-4-1-5-11-17)13-16(20)19-12-6-9-15(19)14-7-2-3-8-14/h14-15H,1-13,18H2. The summed E-state index contributed by atoms with van der Waals surface area (Å²) in [7, 11) is 0. The van der Waals surface area contributed by atoms with Crippen LogP contribution in [0.5, 0.6) is 0 Å². The zero-order valence-electron chi connectivity index (χ0n) is 12.8. The summed E-state index contributed by atoms with van der Waals surface area (Å²) in [6.45, 7) is 0.982. The molecular weight excluding hydrogens is 248 g/mol. The Balaban J connectivity index is 1.60. The fourth-order valence-corrected chi connectivity index (χ4v) is 4.77. The highest BCUT2D eigenvalue weighted by Gasteiger charge is 2.38. The van der Waals surface area contributed by atoms with Crippen LogP contribution in [0.1, 0.15) is 77.0 Å². The second kappa shape index (κ2) is 6.05. The number of nitrogens with zero attached hydrogens (tertiary/aromatic N) is 1. The van der Waals surface area contributed by atoms with Crippen LogP contribution in [0.15, 0.2) is 0 Å². The first-order valence-electron chi connectivity index (χ1n) is 8.76. The molecule has 0 radical (unpaired) electrons. The van der Waals surface area contributed by atoms with Crippen molar-refractivity contribution in [1.29, 1.82) is 0 Å². The van der Waals surface area contributed by atoms with Crippen LogP contribution in [0.25, 0.3) is 0 Å². The Hall–Kier alpha value is -0.570. The minimum absolute atomic E-state index is 0.196. The highest BCUT2D eigenvalue weighted by molar-refractivity contribution is 5.78. The third-order valence-corrected chi connectivity index (χ3v) is 5.92. The van der Waals surface area contributed by atoms with E-state index in [9.17, 15) is 4.79 Å². The molecule has 1 unspecified atom stereocenters. The van der Waals surface area contributed by atoms with Crippen LogP contribution in [-0.4, -0.2) is 28.9 Å². The summed E-state index contributed by atoms with van der Waals surface area (Å²) < 4.78 is 0. The highest BCUT2D eigenvalue weighted by atomic mass is 16.2. The van der Waals surface area contributed by atoms with Crippen molar-refractivity contribution in [3.8, 4) is 0 Å². The second-order valence-corrected chi connectivity index (χ2v) is 7.44. The first-order chi connectivity index (χ1) is 9.68. The number of hydrogen-bond acceptors (Lipinski definition) is 2. The van der Waals surface area contributed by atoms with Gasteiger partial charge in [-0.05, 0) is 44.4 Å². The van der Waals surface area contributed by atoms with Gasteiger partial charge in [-0.15, -0.1) is 0 Å². The van der Waals surface area contributed by atoms with Crippen molar-refractivity contribution in [2.24, 2.45) is 11.7 Å². The molecule has 1 saturated heterocycles. The van der Waals surface area contributed by atoms with Gasteiger partial charge in [0.05, 0.1) is 0 Å². The largest absolute Gasteiger partial charge is 0.339 e. The number of rotatable bonds is 3. The van der Waals surface area contributed by atoms with Gasteiger partial charge in [-0.25, -0.2) is 0 Å². The smallest absolute Gasteiger partial charge is 0.224 e. The fraction of sp³-hybridized carbons (Fsp3) is 0.941. The Morgan fingerprint density at radius 1 is 1.00 bits per heavy atom. The Morgan fingerprint density at radius 3 is 2.40 bits per heavy atom. The van der Waals surface area contributed by atoms with Crippen molar-refractivity contribution < 1.29 is 4.79 Å². The van der Waals surface area contributed by atoms with Gasteiger partial charge in [0.15, 0.2) is 0 Å². The molecule has 2 saturated carbocycles. The number of nitrogens with two attached hydrogens (primary N) is 1. The Kier molecular flexibility index (Phi) is 4.34. The van der Waals surface area contributed by atoms with Gasteiger partial charge in [-0.2, -0.15) is 0 Å². The predicted molar refractivity (Wildman–Crippen MR) is 81.3 cm³/mol. The van der Waals surface area contributed by atoms with Gasteiger partial charge in [0.2, 0.25) is 5.91 Å². The zero-order valence-corrected chi connectivity index (χ0v) is 12.8. The van der Waals surface area contributed by atoms with Crippen molar-refractivity contribution in [1.82, 2.24) is 4.90 Å². The van der Waals surface area contributed by atoms with Gasteiger partial charge in [0, 0.05) is 24.5 Å². The molecule has 0 spiro atoms. The normalized spacial score (nSPS) is 30.9. The molecule has 1 amide bonds. The molecule has 1 heterocycles. The minimum Gasteiger partial charge on any atom is -0.339 e. The lowest BCUT2D eigenvalue weighted by Crippen LogP contribution is -2.48. The van der Waals surface area contributed by atoms with Crippen molar-refractivity contribution in [3.63, 3.8) is 0 Å². The molecule has 20 heavy (non-hydrogen) atoms. The number of carbonyl (C=O) groups is 1. The molecule has 3 rings (SSSR count). The van der Waals surface area contributed by atoms with Gasteiger partial charge in [0.1, 0.15) is 0 Å². The molecule has 3 fully saturated rings. The van der Waals surface area contributed by atoms with Gasteiger partial charge in [0.25, 0.3) is 0 Å². The lowest BCUT2D eigenvalue weighted by atomic mass is 9.80. The first-order valence-corrected chi connectivity index (χ1v) is 8.76. The van der Waals surface area contributed by atoms with Gasteiger partial charge < -0.3 is 10.6 Å². The Morgan fingerprint density at radius 2 is 1.70 bits per heavy atom. The van der Waals surface area contributed by atoms with E-state index >= 15 is 0 Å². The van der Waals surface area contributed by atoms with E-state index in [0.29, 0.717) is 18.4 Å². The van der Waals surface area contributed by atoms with Crippen molar-refractivity contribution in [3.05, 3.63) is 0 Å². The van der Waals surface area contributed by atoms with E-state index in [-0.39, 0.29) is 5.54 Å². The third kappa shape index (κ3) is 3.03. The molecule has 3 nitrogen and oxygen atoms in total. The maximum Gasteiger partial charge on any atom is 0.224 e. The summed E-state index contributed by atoms with van der Waals surface area (Å²) in [5.74, 6) is 1.13. The topological polar surface area (TPSA) is 46.3 Å². The summed E-state index contributed by atoms with van der Waals surface area (Å²) in [5.41, 5.74) is 6.28. The van der Waals surface area contributed by atoms with Crippen molar-refractivity contribution in [2.45, 2.75) is 88.6 Å². The predicted octanol–water partition coefficient (Wildman–Crippen LogP) is 3.22.